The number of amides is 1. The van der Waals surface area contributed by atoms with Crippen molar-refractivity contribution in [1.82, 2.24) is 5.32 Å². The lowest BCUT2D eigenvalue weighted by Gasteiger charge is -2.02. The Kier molecular flexibility index (Phi) is 5.43. The molecule has 5 heteroatoms. The molecule has 84 valence electrons. The Balaban J connectivity index is 2.43. The van der Waals surface area contributed by atoms with Crippen LogP contribution in [0.3, 0.4) is 0 Å². The molecule has 1 amide bonds. The van der Waals surface area contributed by atoms with Crippen LogP contribution in [-0.2, 0) is 0 Å². The van der Waals surface area contributed by atoms with E-state index in [1.807, 2.05) is 0 Å². The zero-order chi connectivity index (χ0) is 11.3. The first-order chi connectivity index (χ1) is 7.15. The number of nitrogens with one attached hydrogen (secondary N) is 1. The van der Waals surface area contributed by atoms with Gasteiger partial charge in [-0.2, -0.15) is 0 Å². The number of carbonyl (C=O) groups is 1. The molecule has 2 nitrogen and oxygen atoms in total. The first-order valence-corrected chi connectivity index (χ1v) is 6.45. The molecule has 0 aliphatic heterocycles. The average Bonchev–Trinajstić information content (AvgIpc) is 2.52. The quantitative estimate of drug-likeness (QED) is 0.802. The minimum absolute atomic E-state index is 0.140. The smallest absolute Gasteiger partial charge is 0.253 e. The van der Waals surface area contributed by atoms with Gasteiger partial charge in [0.25, 0.3) is 5.91 Å². The first-order valence-electron chi connectivity index (χ1n) is 4.88. The van der Waals surface area contributed by atoms with E-state index >= 15 is 0 Å². The lowest BCUT2D eigenvalue weighted by atomic mass is 10.2. The maximum atomic E-state index is 11.6. The molecule has 1 aromatic heterocycles. The fourth-order valence-electron chi connectivity index (χ4n) is 1.17. The summed E-state index contributed by atoms with van der Waals surface area (Å²) in [6, 6.07) is 1.60. The summed E-state index contributed by atoms with van der Waals surface area (Å²) in [5, 5.41) is 2.81. The van der Waals surface area contributed by atoms with Crippen molar-refractivity contribution in [3.8, 4) is 0 Å². The van der Waals surface area contributed by atoms with Gasteiger partial charge in [-0.3, -0.25) is 4.79 Å². The standard InChI is InChI=1S/C10H13Cl2NOS/c1-2-3-4-5-13-10(14)7-6-8(11)15-9(7)12/h6H,2-5H2,1H3,(H,13,14). The molecule has 0 saturated heterocycles. The predicted octanol–water partition coefficient (Wildman–Crippen LogP) is 3.97. The van der Waals surface area contributed by atoms with Crippen LogP contribution in [0.1, 0.15) is 36.5 Å². The summed E-state index contributed by atoms with van der Waals surface area (Å²) in [4.78, 5) is 11.6. The highest BCUT2D eigenvalue weighted by Gasteiger charge is 2.13. The molecule has 0 aromatic carbocycles. The molecule has 0 bridgehead atoms. The second-order valence-corrected chi connectivity index (χ2v) is 5.49. The molecule has 15 heavy (non-hydrogen) atoms. The normalized spacial score (nSPS) is 10.3. The van der Waals surface area contributed by atoms with Crippen LogP contribution in [0.4, 0.5) is 0 Å². The highest BCUT2D eigenvalue weighted by Crippen LogP contribution is 2.30. The van der Waals surface area contributed by atoms with E-state index in [1.54, 1.807) is 6.07 Å². The molecule has 0 atom stereocenters. The Bertz CT molecular complexity index is 338. The summed E-state index contributed by atoms with van der Waals surface area (Å²) in [6.07, 6.45) is 3.26. The summed E-state index contributed by atoms with van der Waals surface area (Å²) < 4.78 is 0.992. The van der Waals surface area contributed by atoms with Gasteiger partial charge in [0, 0.05) is 6.54 Å². The Labute approximate surface area is 104 Å². The number of carbonyl (C=O) groups excluding carboxylic acids is 1. The third-order valence-electron chi connectivity index (χ3n) is 1.97. The van der Waals surface area contributed by atoms with E-state index in [4.69, 9.17) is 23.2 Å². The SMILES string of the molecule is CCCCCNC(=O)c1cc(Cl)sc1Cl. The lowest BCUT2D eigenvalue weighted by Crippen LogP contribution is -2.24. The van der Waals surface area contributed by atoms with E-state index in [1.165, 1.54) is 11.3 Å². The Morgan fingerprint density at radius 2 is 2.20 bits per heavy atom. The van der Waals surface area contributed by atoms with Crippen molar-refractivity contribution in [2.75, 3.05) is 6.54 Å². The molecule has 1 N–H and O–H groups in total. The largest absolute Gasteiger partial charge is 0.352 e. The van der Waals surface area contributed by atoms with E-state index in [9.17, 15) is 4.79 Å². The van der Waals surface area contributed by atoms with Gasteiger partial charge in [-0.25, -0.2) is 0 Å². The summed E-state index contributed by atoms with van der Waals surface area (Å²) in [5.41, 5.74) is 0.475. The zero-order valence-electron chi connectivity index (χ0n) is 8.48. The van der Waals surface area contributed by atoms with Gasteiger partial charge >= 0.3 is 0 Å². The van der Waals surface area contributed by atoms with Crippen molar-refractivity contribution in [3.05, 3.63) is 20.3 Å². The molecule has 0 unspecified atom stereocenters. The summed E-state index contributed by atoms with van der Waals surface area (Å²) in [7, 11) is 0. The van der Waals surface area contributed by atoms with Gasteiger partial charge in [0.15, 0.2) is 0 Å². The minimum atomic E-state index is -0.140. The lowest BCUT2D eigenvalue weighted by molar-refractivity contribution is 0.0953. The Hall–Kier alpha value is -0.250. The van der Waals surface area contributed by atoms with Gasteiger partial charge in [0.1, 0.15) is 4.34 Å². The van der Waals surface area contributed by atoms with E-state index in [-0.39, 0.29) is 5.91 Å². The predicted molar refractivity (Wildman–Crippen MR) is 66.2 cm³/mol. The molecule has 0 radical (unpaired) electrons. The van der Waals surface area contributed by atoms with Crippen LogP contribution in [-0.4, -0.2) is 12.5 Å². The summed E-state index contributed by atoms with van der Waals surface area (Å²) in [6.45, 7) is 2.81. The number of hydrogen-bond donors (Lipinski definition) is 1. The summed E-state index contributed by atoms with van der Waals surface area (Å²) in [5.74, 6) is -0.140. The molecule has 1 aromatic rings. The van der Waals surface area contributed by atoms with E-state index in [2.05, 4.69) is 12.2 Å². The van der Waals surface area contributed by atoms with Crippen LogP contribution in [0, 0.1) is 0 Å². The van der Waals surface area contributed by atoms with Crippen LogP contribution in [0.2, 0.25) is 8.67 Å². The van der Waals surface area contributed by atoms with Gasteiger partial charge in [-0.15, -0.1) is 11.3 Å². The summed E-state index contributed by atoms with van der Waals surface area (Å²) >= 11 is 12.8. The van der Waals surface area contributed by atoms with E-state index in [0.29, 0.717) is 20.8 Å². The number of rotatable bonds is 5. The highest BCUT2D eigenvalue weighted by molar-refractivity contribution is 7.20. The molecule has 0 saturated carbocycles. The molecule has 1 rings (SSSR count). The van der Waals surface area contributed by atoms with Crippen LogP contribution >= 0.6 is 34.5 Å². The Morgan fingerprint density at radius 3 is 2.73 bits per heavy atom. The van der Waals surface area contributed by atoms with Crippen molar-refractivity contribution in [1.29, 1.82) is 0 Å². The van der Waals surface area contributed by atoms with Gasteiger partial charge in [-0.05, 0) is 12.5 Å². The number of hydrogen-bond acceptors (Lipinski definition) is 2. The number of halogens is 2. The van der Waals surface area contributed by atoms with Crippen LogP contribution in [0.5, 0.6) is 0 Å². The molecule has 0 aliphatic carbocycles. The van der Waals surface area contributed by atoms with Crippen molar-refractivity contribution in [2.45, 2.75) is 26.2 Å². The van der Waals surface area contributed by atoms with Gasteiger partial charge in [-0.1, -0.05) is 43.0 Å². The molecule has 0 aliphatic rings. The van der Waals surface area contributed by atoms with Crippen LogP contribution in [0.25, 0.3) is 0 Å². The van der Waals surface area contributed by atoms with Crippen molar-refractivity contribution in [2.24, 2.45) is 0 Å². The van der Waals surface area contributed by atoms with Gasteiger partial charge in [0.05, 0.1) is 9.90 Å². The molecule has 0 fully saturated rings. The minimum Gasteiger partial charge on any atom is -0.352 e. The van der Waals surface area contributed by atoms with Crippen molar-refractivity contribution in [3.63, 3.8) is 0 Å². The van der Waals surface area contributed by atoms with Crippen LogP contribution < -0.4 is 5.32 Å². The average molecular weight is 266 g/mol. The molecule has 1 heterocycles. The maximum absolute atomic E-state index is 11.6. The fraction of sp³-hybridized carbons (Fsp3) is 0.500. The van der Waals surface area contributed by atoms with Crippen molar-refractivity contribution >= 4 is 40.4 Å². The first kappa shape index (κ1) is 12.8. The van der Waals surface area contributed by atoms with Crippen molar-refractivity contribution < 1.29 is 4.79 Å². The highest BCUT2D eigenvalue weighted by atomic mass is 35.5. The molecular weight excluding hydrogens is 253 g/mol. The second kappa shape index (κ2) is 6.36. The zero-order valence-corrected chi connectivity index (χ0v) is 10.8. The fourth-order valence-corrected chi connectivity index (χ4v) is 2.63. The number of thiophene rings is 1. The maximum Gasteiger partial charge on any atom is 0.253 e. The van der Waals surface area contributed by atoms with E-state index in [0.717, 1.165) is 19.3 Å². The molecule has 0 spiro atoms. The Morgan fingerprint density at radius 1 is 1.47 bits per heavy atom. The second-order valence-electron chi connectivity index (χ2n) is 3.20. The monoisotopic (exact) mass is 265 g/mol. The number of unbranched alkanes of at least 4 members (excludes halogenated alkanes) is 2. The molecular formula is C10H13Cl2NOS. The van der Waals surface area contributed by atoms with Gasteiger partial charge < -0.3 is 5.32 Å². The third-order valence-corrected chi connectivity index (χ3v) is 3.45. The van der Waals surface area contributed by atoms with E-state index < -0.39 is 0 Å². The van der Waals surface area contributed by atoms with Crippen LogP contribution in [0.15, 0.2) is 6.07 Å². The van der Waals surface area contributed by atoms with Gasteiger partial charge in [0.2, 0.25) is 0 Å². The third kappa shape index (κ3) is 4.01. The topological polar surface area (TPSA) is 29.1 Å².